The van der Waals surface area contributed by atoms with E-state index in [1.807, 2.05) is 12.1 Å². The monoisotopic (exact) mass is 350 g/mol. The molecule has 3 rings (SSSR count). The smallest absolute Gasteiger partial charge is 0.307 e. The summed E-state index contributed by atoms with van der Waals surface area (Å²) in [7, 11) is 0. The second-order valence-corrected chi connectivity index (χ2v) is 5.90. The first kappa shape index (κ1) is 17.5. The van der Waals surface area contributed by atoms with E-state index in [9.17, 15) is 9.59 Å². The first-order chi connectivity index (χ1) is 12.6. The van der Waals surface area contributed by atoms with Gasteiger partial charge in [-0.2, -0.15) is 5.26 Å². The van der Waals surface area contributed by atoms with Crippen LogP contribution >= 0.6 is 0 Å². The molecule has 1 atom stereocenters. The van der Waals surface area contributed by atoms with Crippen molar-refractivity contribution < 1.29 is 19.1 Å². The molecule has 26 heavy (non-hydrogen) atoms. The molecule has 2 aromatic carbocycles. The fourth-order valence-electron chi connectivity index (χ4n) is 2.78. The summed E-state index contributed by atoms with van der Waals surface area (Å²) in [5, 5.41) is 9.06. The van der Waals surface area contributed by atoms with Crippen molar-refractivity contribution in [2.45, 2.75) is 26.1 Å². The number of ether oxygens (including phenoxy) is 2. The van der Waals surface area contributed by atoms with Gasteiger partial charge in [-0.05, 0) is 25.1 Å². The Morgan fingerprint density at radius 1 is 1.23 bits per heavy atom. The second kappa shape index (κ2) is 7.70. The van der Waals surface area contributed by atoms with Crippen LogP contribution in [-0.2, 0) is 20.9 Å². The van der Waals surface area contributed by atoms with Crippen LogP contribution in [0.15, 0.2) is 48.5 Å². The summed E-state index contributed by atoms with van der Waals surface area (Å²) in [6.07, 6.45) is -0.537. The lowest BCUT2D eigenvalue weighted by atomic mass is 10.1. The highest BCUT2D eigenvalue weighted by Crippen LogP contribution is 2.33. The van der Waals surface area contributed by atoms with Crippen molar-refractivity contribution in [1.82, 2.24) is 0 Å². The summed E-state index contributed by atoms with van der Waals surface area (Å²) in [5.41, 5.74) is 1.79. The molecule has 0 aliphatic carbocycles. The van der Waals surface area contributed by atoms with Crippen LogP contribution in [0.2, 0.25) is 0 Å². The number of hydrogen-bond acceptors (Lipinski definition) is 5. The van der Waals surface area contributed by atoms with E-state index >= 15 is 0 Å². The predicted octanol–water partition coefficient (Wildman–Crippen LogP) is 2.81. The summed E-state index contributed by atoms with van der Waals surface area (Å²) in [6, 6.07) is 16.3. The van der Waals surface area contributed by atoms with Crippen LogP contribution in [-0.4, -0.2) is 24.5 Å². The number of rotatable bonds is 5. The van der Waals surface area contributed by atoms with Gasteiger partial charge in [-0.1, -0.05) is 30.3 Å². The molecule has 0 saturated heterocycles. The van der Waals surface area contributed by atoms with Gasteiger partial charge < -0.3 is 14.4 Å². The normalized spacial score (nSPS) is 15.6. The molecule has 6 heteroatoms. The molecule has 0 radical (unpaired) electrons. The number of carbonyl (C=O) groups is 2. The molecule has 1 aliphatic rings. The molecule has 1 amide bonds. The Morgan fingerprint density at radius 2 is 1.96 bits per heavy atom. The molecule has 132 valence electrons. The van der Waals surface area contributed by atoms with E-state index in [1.54, 1.807) is 48.2 Å². The summed E-state index contributed by atoms with van der Waals surface area (Å²) in [5.74, 6) is 0.00408. The van der Waals surface area contributed by atoms with Crippen molar-refractivity contribution in [1.29, 1.82) is 5.26 Å². The zero-order chi connectivity index (χ0) is 18.5. The Morgan fingerprint density at radius 3 is 2.77 bits per heavy atom. The summed E-state index contributed by atoms with van der Waals surface area (Å²) in [6.45, 7) is 1.93. The van der Waals surface area contributed by atoms with Gasteiger partial charge in [0.1, 0.15) is 12.4 Å². The first-order valence-electron chi connectivity index (χ1n) is 8.31. The van der Waals surface area contributed by atoms with E-state index in [2.05, 4.69) is 6.07 Å². The van der Waals surface area contributed by atoms with Gasteiger partial charge >= 0.3 is 5.97 Å². The molecule has 0 N–H and O–H groups in total. The zero-order valence-corrected chi connectivity index (χ0v) is 14.3. The Kier molecular flexibility index (Phi) is 5.18. The average molecular weight is 350 g/mol. The molecule has 1 unspecified atom stereocenters. The molecule has 1 heterocycles. The number of fused-ring (bicyclic) bond motifs is 1. The molecular weight excluding hydrogens is 332 g/mol. The number of benzene rings is 2. The lowest BCUT2D eigenvalue weighted by Crippen LogP contribution is -2.45. The fourth-order valence-corrected chi connectivity index (χ4v) is 2.78. The van der Waals surface area contributed by atoms with Crippen LogP contribution < -0.4 is 9.64 Å². The maximum Gasteiger partial charge on any atom is 0.307 e. The number of amides is 1. The highest BCUT2D eigenvalue weighted by Gasteiger charge is 2.31. The third-order valence-corrected chi connectivity index (χ3v) is 4.14. The number of carbonyl (C=O) groups excluding carboxylic acids is 2. The minimum absolute atomic E-state index is 0.0343. The predicted molar refractivity (Wildman–Crippen MR) is 94.5 cm³/mol. The quantitative estimate of drug-likeness (QED) is 0.775. The molecule has 6 nitrogen and oxygen atoms in total. The van der Waals surface area contributed by atoms with Crippen molar-refractivity contribution in [3.8, 4) is 11.8 Å². The van der Waals surface area contributed by atoms with Crippen LogP contribution in [0.1, 0.15) is 24.5 Å². The molecule has 2 aromatic rings. The maximum absolute atomic E-state index is 12.4. The molecule has 0 aromatic heterocycles. The van der Waals surface area contributed by atoms with E-state index in [0.29, 0.717) is 22.6 Å². The number of para-hydroxylation sites is 2. The number of esters is 1. The van der Waals surface area contributed by atoms with E-state index < -0.39 is 12.1 Å². The van der Waals surface area contributed by atoms with Gasteiger partial charge in [0.2, 0.25) is 0 Å². The SMILES string of the molecule is CC1Oc2ccccc2N(CCC(=O)OCc2ccccc2C#N)C1=O. The van der Waals surface area contributed by atoms with Gasteiger partial charge in [-0.25, -0.2) is 0 Å². The molecule has 0 bridgehead atoms. The van der Waals surface area contributed by atoms with E-state index in [1.165, 1.54) is 0 Å². The van der Waals surface area contributed by atoms with Gasteiger partial charge in [-0.3, -0.25) is 9.59 Å². The van der Waals surface area contributed by atoms with Crippen molar-refractivity contribution in [3.63, 3.8) is 0 Å². The maximum atomic E-state index is 12.4. The van der Waals surface area contributed by atoms with Crippen LogP contribution in [0.25, 0.3) is 0 Å². The summed E-state index contributed by atoms with van der Waals surface area (Å²) < 4.78 is 10.8. The minimum atomic E-state index is -0.594. The van der Waals surface area contributed by atoms with Crippen molar-refractivity contribution in [2.75, 3.05) is 11.4 Å². The minimum Gasteiger partial charge on any atom is -0.479 e. The first-order valence-corrected chi connectivity index (χ1v) is 8.31. The fraction of sp³-hybridized carbons (Fsp3) is 0.250. The number of nitriles is 1. The van der Waals surface area contributed by atoms with Crippen LogP contribution in [0.5, 0.6) is 5.75 Å². The van der Waals surface area contributed by atoms with Crippen molar-refractivity contribution in [2.24, 2.45) is 0 Å². The van der Waals surface area contributed by atoms with E-state index in [4.69, 9.17) is 14.7 Å². The molecule has 0 spiro atoms. The third kappa shape index (κ3) is 3.67. The Balaban J connectivity index is 1.61. The Bertz CT molecular complexity index is 872. The van der Waals surface area contributed by atoms with Crippen LogP contribution in [0.3, 0.4) is 0 Å². The lowest BCUT2D eigenvalue weighted by molar-refractivity contribution is -0.144. The zero-order valence-electron chi connectivity index (χ0n) is 14.3. The van der Waals surface area contributed by atoms with Gasteiger partial charge in [0.25, 0.3) is 5.91 Å². The summed E-state index contributed by atoms with van der Waals surface area (Å²) >= 11 is 0. The van der Waals surface area contributed by atoms with Gasteiger partial charge in [0, 0.05) is 12.1 Å². The van der Waals surface area contributed by atoms with E-state index in [0.717, 1.165) is 0 Å². The van der Waals surface area contributed by atoms with Gasteiger partial charge in [0.05, 0.1) is 23.7 Å². The number of nitrogens with zero attached hydrogens (tertiary/aromatic N) is 2. The largest absolute Gasteiger partial charge is 0.479 e. The van der Waals surface area contributed by atoms with Crippen LogP contribution in [0.4, 0.5) is 5.69 Å². The molecule has 0 fully saturated rings. The molecular formula is C20H18N2O4. The number of anilines is 1. The van der Waals surface area contributed by atoms with E-state index in [-0.39, 0.29) is 25.5 Å². The highest BCUT2D eigenvalue weighted by molar-refractivity contribution is 6.00. The average Bonchev–Trinajstić information content (AvgIpc) is 2.67. The highest BCUT2D eigenvalue weighted by atomic mass is 16.5. The third-order valence-electron chi connectivity index (χ3n) is 4.14. The van der Waals surface area contributed by atoms with Crippen molar-refractivity contribution in [3.05, 3.63) is 59.7 Å². The number of hydrogen-bond donors (Lipinski definition) is 0. The standard InChI is InChI=1S/C20H18N2O4/c1-14-20(24)22(17-8-4-5-9-18(17)26-14)11-10-19(23)25-13-16-7-3-2-6-15(16)12-21/h2-9,14H,10-11,13H2,1H3. The molecule has 0 saturated carbocycles. The summed E-state index contributed by atoms with van der Waals surface area (Å²) in [4.78, 5) is 26.0. The van der Waals surface area contributed by atoms with Gasteiger partial charge in [-0.15, -0.1) is 0 Å². The lowest BCUT2D eigenvalue weighted by Gasteiger charge is -2.32. The van der Waals surface area contributed by atoms with Crippen molar-refractivity contribution >= 4 is 17.6 Å². The molecule has 1 aliphatic heterocycles. The topological polar surface area (TPSA) is 79.6 Å². The Labute approximate surface area is 151 Å². The second-order valence-electron chi connectivity index (χ2n) is 5.90. The van der Waals surface area contributed by atoms with Gasteiger partial charge in [0.15, 0.2) is 6.10 Å². The Hall–Kier alpha value is -3.33. The van der Waals surface area contributed by atoms with Crippen LogP contribution in [0, 0.1) is 11.3 Å².